The first-order valence-electron chi connectivity index (χ1n) is 9.86. The van der Waals surface area contributed by atoms with Gasteiger partial charge in [0.05, 0.1) is 16.7 Å². The van der Waals surface area contributed by atoms with E-state index in [-0.39, 0.29) is 34.1 Å². The van der Waals surface area contributed by atoms with E-state index in [1.54, 1.807) is 56.4 Å². The summed E-state index contributed by atoms with van der Waals surface area (Å²) < 4.78 is 5.94. The SMILES string of the molecule is CC(C)(O)C=CCC1(C)C=Cc2c(O)c(C(=O)C=Cc3ccc(O)cc3)cc(O)c2O1. The molecule has 2 aromatic carbocycles. The zero-order valence-corrected chi connectivity index (χ0v) is 17.7. The van der Waals surface area contributed by atoms with Crippen LogP contribution in [0.5, 0.6) is 23.0 Å². The van der Waals surface area contributed by atoms with Gasteiger partial charge in [-0.25, -0.2) is 0 Å². The zero-order chi connectivity index (χ0) is 22.8. The van der Waals surface area contributed by atoms with E-state index in [1.165, 1.54) is 24.3 Å². The first-order valence-corrected chi connectivity index (χ1v) is 9.86. The lowest BCUT2D eigenvalue weighted by Gasteiger charge is -2.32. The molecule has 4 N–H and O–H groups in total. The first-order chi connectivity index (χ1) is 14.5. The number of carbonyl (C=O) groups excluding carboxylic acids is 1. The maximum Gasteiger partial charge on any atom is 0.189 e. The second kappa shape index (κ2) is 8.32. The van der Waals surface area contributed by atoms with Crippen molar-refractivity contribution in [1.82, 2.24) is 0 Å². The molecule has 0 saturated carbocycles. The summed E-state index contributed by atoms with van der Waals surface area (Å²) in [6.45, 7) is 5.14. The Kier molecular flexibility index (Phi) is 5.95. The number of carbonyl (C=O) groups is 1. The highest BCUT2D eigenvalue weighted by Crippen LogP contribution is 2.45. The molecule has 0 bridgehead atoms. The van der Waals surface area contributed by atoms with E-state index in [0.29, 0.717) is 12.0 Å². The van der Waals surface area contributed by atoms with Crippen LogP contribution in [0.25, 0.3) is 12.2 Å². The van der Waals surface area contributed by atoms with Gasteiger partial charge in [-0.05, 0) is 62.8 Å². The van der Waals surface area contributed by atoms with Crippen molar-refractivity contribution < 1.29 is 30.0 Å². The van der Waals surface area contributed by atoms with Gasteiger partial charge in [-0.3, -0.25) is 4.79 Å². The van der Waals surface area contributed by atoms with Crippen LogP contribution in [-0.4, -0.2) is 37.4 Å². The summed E-state index contributed by atoms with van der Waals surface area (Å²) >= 11 is 0. The summed E-state index contributed by atoms with van der Waals surface area (Å²) in [6, 6.07) is 7.48. The number of phenolic OH excluding ortho intramolecular Hbond substituents is 3. The van der Waals surface area contributed by atoms with Crippen molar-refractivity contribution >= 4 is 17.9 Å². The number of phenols is 3. The summed E-state index contributed by atoms with van der Waals surface area (Å²) in [5.74, 6) is -0.804. The monoisotopic (exact) mass is 422 g/mol. The Labute approximate surface area is 181 Å². The third-order valence-electron chi connectivity index (χ3n) is 4.84. The summed E-state index contributed by atoms with van der Waals surface area (Å²) in [5, 5.41) is 40.3. The number of fused-ring (bicyclic) bond motifs is 1. The number of aromatic hydroxyl groups is 3. The first kappa shape index (κ1) is 22.2. The Bertz CT molecular complexity index is 1070. The average molecular weight is 422 g/mol. The quantitative estimate of drug-likeness (QED) is 0.235. The maximum atomic E-state index is 12.6. The molecule has 0 spiro atoms. The minimum Gasteiger partial charge on any atom is -0.508 e. The van der Waals surface area contributed by atoms with Gasteiger partial charge in [-0.15, -0.1) is 0 Å². The van der Waals surface area contributed by atoms with E-state index in [2.05, 4.69) is 0 Å². The second-order valence-electron chi connectivity index (χ2n) is 8.33. The largest absolute Gasteiger partial charge is 0.508 e. The average Bonchev–Trinajstić information content (AvgIpc) is 2.69. The molecule has 0 fully saturated rings. The van der Waals surface area contributed by atoms with Crippen LogP contribution in [0.3, 0.4) is 0 Å². The number of benzene rings is 2. The third kappa shape index (κ3) is 5.35. The predicted octanol–water partition coefficient (Wildman–Crippen LogP) is 4.58. The van der Waals surface area contributed by atoms with Gasteiger partial charge in [-0.2, -0.15) is 0 Å². The molecule has 1 atom stereocenters. The van der Waals surface area contributed by atoms with Gasteiger partial charge >= 0.3 is 0 Å². The van der Waals surface area contributed by atoms with Crippen LogP contribution in [0.1, 0.15) is 48.7 Å². The topological polar surface area (TPSA) is 107 Å². The number of ether oxygens (including phenoxy) is 1. The molecule has 1 aliphatic rings. The highest BCUT2D eigenvalue weighted by atomic mass is 16.5. The Morgan fingerprint density at radius 1 is 1.16 bits per heavy atom. The number of hydrogen-bond donors (Lipinski definition) is 4. The van der Waals surface area contributed by atoms with Crippen LogP contribution in [0.15, 0.2) is 54.6 Å². The Morgan fingerprint density at radius 2 is 1.84 bits per heavy atom. The Balaban J connectivity index is 1.85. The lowest BCUT2D eigenvalue weighted by atomic mass is 9.93. The fourth-order valence-electron chi connectivity index (χ4n) is 3.18. The molecule has 0 saturated heterocycles. The molecule has 0 amide bonds. The van der Waals surface area contributed by atoms with Crippen LogP contribution in [-0.2, 0) is 0 Å². The minimum atomic E-state index is -0.948. The van der Waals surface area contributed by atoms with Crippen molar-refractivity contribution in [3.05, 3.63) is 71.3 Å². The van der Waals surface area contributed by atoms with E-state index < -0.39 is 17.0 Å². The van der Waals surface area contributed by atoms with Crippen molar-refractivity contribution in [3.8, 4) is 23.0 Å². The molecule has 1 aliphatic heterocycles. The van der Waals surface area contributed by atoms with Crippen LogP contribution in [0, 0.1) is 0 Å². The van der Waals surface area contributed by atoms with E-state index >= 15 is 0 Å². The molecular weight excluding hydrogens is 396 g/mol. The molecule has 0 radical (unpaired) electrons. The highest BCUT2D eigenvalue weighted by molar-refractivity contribution is 6.10. The van der Waals surface area contributed by atoms with Gasteiger partial charge in [0, 0.05) is 6.42 Å². The fraction of sp³-hybridized carbons (Fsp3) is 0.240. The molecule has 6 heteroatoms. The minimum absolute atomic E-state index is 0.0509. The molecule has 162 valence electrons. The van der Waals surface area contributed by atoms with Gasteiger partial charge in [0.2, 0.25) is 0 Å². The summed E-state index contributed by atoms with van der Waals surface area (Å²) in [5.41, 5.74) is -0.861. The van der Waals surface area contributed by atoms with Crippen molar-refractivity contribution in [3.63, 3.8) is 0 Å². The van der Waals surface area contributed by atoms with Crippen LogP contribution < -0.4 is 4.74 Å². The van der Waals surface area contributed by atoms with Crippen molar-refractivity contribution in [1.29, 1.82) is 0 Å². The number of allylic oxidation sites excluding steroid dienone is 1. The molecule has 0 aliphatic carbocycles. The second-order valence-corrected chi connectivity index (χ2v) is 8.33. The third-order valence-corrected chi connectivity index (χ3v) is 4.84. The zero-order valence-electron chi connectivity index (χ0n) is 17.7. The van der Waals surface area contributed by atoms with Gasteiger partial charge in [0.15, 0.2) is 17.3 Å². The molecule has 0 aromatic heterocycles. The van der Waals surface area contributed by atoms with Gasteiger partial charge in [0.1, 0.15) is 17.1 Å². The number of ketones is 1. The molecule has 3 rings (SSSR count). The van der Waals surface area contributed by atoms with Crippen LogP contribution in [0.4, 0.5) is 0 Å². The standard InChI is InChI=1S/C25H26O6/c1-24(2,30)12-4-13-25(3)14-11-18-22(29)19(15-21(28)23(18)31-25)20(27)10-7-16-5-8-17(26)9-6-16/h4-12,14-15,26,28-30H,13H2,1-3H3. The van der Waals surface area contributed by atoms with Crippen molar-refractivity contribution in [2.75, 3.05) is 0 Å². The molecular formula is C25H26O6. The van der Waals surface area contributed by atoms with Crippen LogP contribution in [0.2, 0.25) is 0 Å². The Morgan fingerprint density at radius 3 is 2.48 bits per heavy atom. The smallest absolute Gasteiger partial charge is 0.189 e. The van der Waals surface area contributed by atoms with Crippen molar-refractivity contribution in [2.24, 2.45) is 0 Å². The molecule has 1 heterocycles. The predicted molar refractivity (Wildman–Crippen MR) is 119 cm³/mol. The van der Waals surface area contributed by atoms with Crippen molar-refractivity contribution in [2.45, 2.75) is 38.4 Å². The van der Waals surface area contributed by atoms with Gasteiger partial charge < -0.3 is 25.2 Å². The number of hydrogen-bond acceptors (Lipinski definition) is 6. The fourth-order valence-corrected chi connectivity index (χ4v) is 3.18. The van der Waals surface area contributed by atoms with E-state index in [1.807, 2.05) is 6.92 Å². The Hall–Kier alpha value is -3.51. The molecule has 6 nitrogen and oxygen atoms in total. The van der Waals surface area contributed by atoms with E-state index in [4.69, 9.17) is 4.74 Å². The summed E-state index contributed by atoms with van der Waals surface area (Å²) in [7, 11) is 0. The number of aliphatic hydroxyl groups is 1. The lowest BCUT2D eigenvalue weighted by Crippen LogP contribution is -2.31. The van der Waals surface area contributed by atoms with Gasteiger partial charge in [0.25, 0.3) is 0 Å². The molecule has 2 aromatic rings. The number of rotatable bonds is 6. The normalized spacial score (nSPS) is 18.3. The van der Waals surface area contributed by atoms with E-state index in [0.717, 1.165) is 0 Å². The summed E-state index contributed by atoms with van der Waals surface area (Å²) in [4.78, 5) is 12.6. The summed E-state index contributed by atoms with van der Waals surface area (Å²) in [6.07, 6.45) is 10.1. The van der Waals surface area contributed by atoms with E-state index in [9.17, 15) is 25.2 Å². The molecule has 31 heavy (non-hydrogen) atoms. The highest BCUT2D eigenvalue weighted by Gasteiger charge is 2.31. The molecule has 1 unspecified atom stereocenters. The van der Waals surface area contributed by atoms with Gasteiger partial charge in [-0.1, -0.05) is 30.4 Å². The maximum absolute atomic E-state index is 12.6. The van der Waals surface area contributed by atoms with Crippen LogP contribution >= 0.6 is 0 Å². The lowest BCUT2D eigenvalue weighted by molar-refractivity contribution is 0.104.